The van der Waals surface area contributed by atoms with Gasteiger partial charge in [-0.15, -0.1) is 0 Å². The van der Waals surface area contributed by atoms with Crippen LogP contribution in [0.2, 0.25) is 4.47 Å². The van der Waals surface area contributed by atoms with Crippen LogP contribution < -0.4 is 0 Å². The third-order valence-corrected chi connectivity index (χ3v) is 6.14. The third-order valence-electron chi connectivity index (χ3n) is 2.43. The van der Waals surface area contributed by atoms with Gasteiger partial charge in [-0.25, -0.2) is 13.4 Å². The number of β-amino-alcohol motifs (C(OH)–C–C–N with tert-alkyl or cyclic N) is 1. The van der Waals surface area contributed by atoms with E-state index in [1.165, 1.54) is 4.31 Å². The van der Waals surface area contributed by atoms with Gasteiger partial charge in [-0.3, -0.25) is 0 Å². The van der Waals surface area contributed by atoms with Gasteiger partial charge in [-0.1, -0.05) is 22.9 Å². The fourth-order valence-corrected chi connectivity index (χ4v) is 5.00. The Hall–Kier alpha value is -0.210. The highest BCUT2D eigenvalue weighted by atomic mass is 35.5. The highest BCUT2D eigenvalue weighted by molar-refractivity contribution is 7.91. The molecule has 0 amide bonds. The summed E-state index contributed by atoms with van der Waals surface area (Å²) in [4.78, 5) is 3.88. The van der Waals surface area contributed by atoms with Gasteiger partial charge in [0.05, 0.1) is 11.8 Å². The summed E-state index contributed by atoms with van der Waals surface area (Å²) in [7, 11) is -3.54. The van der Waals surface area contributed by atoms with Crippen LogP contribution in [0.25, 0.3) is 0 Å². The minimum Gasteiger partial charge on any atom is -0.392 e. The van der Waals surface area contributed by atoms with E-state index in [-0.39, 0.29) is 15.2 Å². The SMILES string of the molecule is Cc1nc(Cl)sc1S(=O)(=O)N1CC[C@@H](O)C1. The molecule has 0 spiro atoms. The number of hydrogen-bond acceptors (Lipinski definition) is 5. The molecule has 0 unspecified atom stereocenters. The molecule has 0 bridgehead atoms. The zero-order chi connectivity index (χ0) is 11.9. The maximum atomic E-state index is 12.1. The number of hydrogen-bond donors (Lipinski definition) is 1. The van der Waals surface area contributed by atoms with E-state index >= 15 is 0 Å². The number of halogens is 1. The Balaban J connectivity index is 2.36. The largest absolute Gasteiger partial charge is 0.392 e. The molecule has 1 saturated heterocycles. The van der Waals surface area contributed by atoms with Gasteiger partial charge in [-0.05, 0) is 13.3 Å². The van der Waals surface area contributed by atoms with Crippen LogP contribution in [0.1, 0.15) is 12.1 Å². The lowest BCUT2D eigenvalue weighted by Gasteiger charge is -2.14. The molecule has 90 valence electrons. The van der Waals surface area contributed by atoms with Crippen molar-refractivity contribution in [3.63, 3.8) is 0 Å². The van der Waals surface area contributed by atoms with E-state index in [0.717, 1.165) is 11.3 Å². The van der Waals surface area contributed by atoms with Crippen molar-refractivity contribution in [1.29, 1.82) is 0 Å². The molecule has 1 aliphatic rings. The quantitative estimate of drug-likeness (QED) is 0.873. The topological polar surface area (TPSA) is 70.5 Å². The molecule has 1 aliphatic heterocycles. The Morgan fingerprint density at radius 2 is 2.31 bits per heavy atom. The van der Waals surface area contributed by atoms with Gasteiger partial charge in [0.2, 0.25) is 0 Å². The standard InChI is InChI=1S/C8H11ClN2O3S2/c1-5-7(15-8(9)10-5)16(13,14)11-3-2-6(12)4-11/h6,12H,2-4H2,1H3/t6-/m1/s1. The maximum absolute atomic E-state index is 12.1. The second kappa shape index (κ2) is 4.23. The summed E-state index contributed by atoms with van der Waals surface area (Å²) in [5.41, 5.74) is 0.413. The maximum Gasteiger partial charge on any atom is 0.254 e. The van der Waals surface area contributed by atoms with Gasteiger partial charge in [0.1, 0.15) is 0 Å². The molecule has 5 nitrogen and oxygen atoms in total. The Labute approximate surface area is 103 Å². The number of sulfonamides is 1. The highest BCUT2D eigenvalue weighted by Gasteiger charge is 2.34. The van der Waals surface area contributed by atoms with Crippen molar-refractivity contribution in [3.8, 4) is 0 Å². The molecule has 0 radical (unpaired) electrons. The van der Waals surface area contributed by atoms with E-state index in [4.69, 9.17) is 11.6 Å². The first-order chi connectivity index (χ1) is 7.41. The molecule has 8 heteroatoms. The Morgan fingerprint density at radius 3 is 2.75 bits per heavy atom. The molecule has 1 fully saturated rings. The molecule has 16 heavy (non-hydrogen) atoms. The first kappa shape index (κ1) is 12.3. The Kier molecular flexibility index (Phi) is 3.24. The normalized spacial score (nSPS) is 22.8. The highest BCUT2D eigenvalue weighted by Crippen LogP contribution is 2.30. The van der Waals surface area contributed by atoms with Crippen molar-refractivity contribution in [2.45, 2.75) is 23.7 Å². The van der Waals surface area contributed by atoms with E-state index in [2.05, 4.69) is 4.98 Å². The third kappa shape index (κ3) is 2.10. The van der Waals surface area contributed by atoms with Crippen LogP contribution in [0.5, 0.6) is 0 Å². The molecule has 1 aromatic heterocycles. The Bertz CT molecular complexity index is 499. The number of nitrogens with zero attached hydrogens (tertiary/aromatic N) is 2. The molecule has 1 aromatic rings. The minimum atomic E-state index is -3.54. The number of rotatable bonds is 2. The fraction of sp³-hybridized carbons (Fsp3) is 0.625. The van der Waals surface area contributed by atoms with Gasteiger partial charge < -0.3 is 5.11 Å². The van der Waals surface area contributed by atoms with Crippen molar-refractivity contribution in [2.75, 3.05) is 13.1 Å². The second-order valence-corrected chi connectivity index (χ2v) is 7.36. The predicted octanol–water partition coefficient (Wildman–Crippen LogP) is 0.860. The summed E-state index contributed by atoms with van der Waals surface area (Å²) in [6.45, 7) is 2.11. The number of aryl methyl sites for hydroxylation is 1. The van der Waals surface area contributed by atoms with Crippen LogP contribution in [0.4, 0.5) is 0 Å². The fourth-order valence-electron chi connectivity index (χ4n) is 1.64. The van der Waals surface area contributed by atoms with E-state index < -0.39 is 16.1 Å². The zero-order valence-corrected chi connectivity index (χ0v) is 10.9. The van der Waals surface area contributed by atoms with E-state index in [1.807, 2.05) is 0 Å². The van der Waals surface area contributed by atoms with Crippen molar-refractivity contribution < 1.29 is 13.5 Å². The van der Waals surface area contributed by atoms with Gasteiger partial charge in [0.25, 0.3) is 10.0 Å². The monoisotopic (exact) mass is 282 g/mol. The predicted molar refractivity (Wildman–Crippen MR) is 61.2 cm³/mol. The summed E-state index contributed by atoms with van der Waals surface area (Å²) < 4.78 is 25.9. The van der Waals surface area contributed by atoms with Crippen LogP contribution >= 0.6 is 22.9 Å². The molecule has 0 saturated carbocycles. The molecule has 0 aliphatic carbocycles. The van der Waals surface area contributed by atoms with Crippen LogP contribution in [0.15, 0.2) is 4.21 Å². The minimum absolute atomic E-state index is 0.150. The summed E-state index contributed by atoms with van der Waals surface area (Å²) in [5.74, 6) is 0. The van der Waals surface area contributed by atoms with Crippen molar-refractivity contribution in [2.24, 2.45) is 0 Å². The van der Waals surface area contributed by atoms with Crippen molar-refractivity contribution in [3.05, 3.63) is 10.2 Å². The van der Waals surface area contributed by atoms with Crippen LogP contribution in [0, 0.1) is 6.92 Å². The first-order valence-corrected chi connectivity index (χ1v) is 7.36. The molecule has 2 rings (SSSR count). The number of aliphatic hydroxyl groups excluding tert-OH is 1. The summed E-state index contributed by atoms with van der Waals surface area (Å²) in [5, 5.41) is 9.34. The number of aromatic nitrogens is 1. The van der Waals surface area contributed by atoms with Crippen LogP contribution in [0.3, 0.4) is 0 Å². The van der Waals surface area contributed by atoms with Gasteiger partial charge >= 0.3 is 0 Å². The first-order valence-electron chi connectivity index (χ1n) is 4.72. The smallest absolute Gasteiger partial charge is 0.254 e. The Morgan fingerprint density at radius 1 is 1.62 bits per heavy atom. The van der Waals surface area contributed by atoms with Crippen LogP contribution in [-0.4, -0.2) is 42.0 Å². The lowest BCUT2D eigenvalue weighted by molar-refractivity contribution is 0.189. The molecular formula is C8H11ClN2O3S2. The average Bonchev–Trinajstić information content (AvgIpc) is 2.73. The lowest BCUT2D eigenvalue weighted by atomic mass is 10.3. The lowest BCUT2D eigenvalue weighted by Crippen LogP contribution is -2.29. The second-order valence-electron chi connectivity index (χ2n) is 3.65. The summed E-state index contributed by atoms with van der Waals surface area (Å²) >= 11 is 6.63. The van der Waals surface area contributed by atoms with Gasteiger partial charge in [0, 0.05) is 13.1 Å². The number of aliphatic hydroxyl groups is 1. The zero-order valence-electron chi connectivity index (χ0n) is 8.55. The molecular weight excluding hydrogens is 272 g/mol. The summed E-state index contributed by atoms with van der Waals surface area (Å²) in [6.07, 6.45) is -0.0939. The summed E-state index contributed by atoms with van der Waals surface area (Å²) in [6, 6.07) is 0. The van der Waals surface area contributed by atoms with Crippen molar-refractivity contribution >= 4 is 33.0 Å². The van der Waals surface area contributed by atoms with E-state index in [1.54, 1.807) is 6.92 Å². The molecule has 0 aromatic carbocycles. The molecule has 2 heterocycles. The van der Waals surface area contributed by atoms with Gasteiger partial charge in [-0.2, -0.15) is 4.31 Å². The van der Waals surface area contributed by atoms with Gasteiger partial charge in [0.15, 0.2) is 8.68 Å². The molecule has 1 atom stereocenters. The average molecular weight is 283 g/mol. The van der Waals surface area contributed by atoms with Crippen LogP contribution in [-0.2, 0) is 10.0 Å². The van der Waals surface area contributed by atoms with E-state index in [0.29, 0.717) is 18.7 Å². The van der Waals surface area contributed by atoms with E-state index in [9.17, 15) is 13.5 Å². The van der Waals surface area contributed by atoms with Crippen molar-refractivity contribution in [1.82, 2.24) is 9.29 Å². The number of thiazole rings is 1. The molecule has 1 N–H and O–H groups in total.